The zero-order chi connectivity index (χ0) is 22.1. The van der Waals surface area contributed by atoms with Gasteiger partial charge in [0.25, 0.3) is 5.91 Å². The fraction of sp³-hybridized carbons (Fsp3) is 0.333. The van der Waals surface area contributed by atoms with Crippen LogP contribution in [0.5, 0.6) is 5.75 Å². The maximum Gasteiger partial charge on any atom is 0.255 e. The lowest BCUT2D eigenvalue weighted by molar-refractivity contribution is -0.147. The maximum absolute atomic E-state index is 13.3. The van der Waals surface area contributed by atoms with Crippen molar-refractivity contribution in [2.24, 2.45) is 17.6 Å². The highest BCUT2D eigenvalue weighted by Crippen LogP contribution is 2.52. The van der Waals surface area contributed by atoms with Crippen LogP contribution in [-0.2, 0) is 20.8 Å². The monoisotopic (exact) mass is 413 g/mol. The Bertz CT molecular complexity index is 1130. The first-order chi connectivity index (χ1) is 14.0. The van der Waals surface area contributed by atoms with Crippen LogP contribution in [-0.4, -0.2) is 49.3 Å². The molecule has 9 heteroatoms. The highest BCUT2D eigenvalue weighted by atomic mass is 16.3. The number of phenols is 1. The zero-order valence-corrected chi connectivity index (χ0v) is 15.9. The van der Waals surface area contributed by atoms with Gasteiger partial charge < -0.3 is 26.2 Å². The number of hydrogen-bond acceptors (Lipinski definition) is 8. The van der Waals surface area contributed by atoms with E-state index in [4.69, 9.17) is 5.73 Å². The summed E-state index contributed by atoms with van der Waals surface area (Å²) in [6.45, 7) is 1.24. The largest absolute Gasteiger partial charge is 0.508 e. The van der Waals surface area contributed by atoms with E-state index in [-0.39, 0.29) is 36.0 Å². The minimum atomic E-state index is -2.59. The van der Waals surface area contributed by atoms with E-state index in [2.05, 4.69) is 0 Å². The second-order valence-electron chi connectivity index (χ2n) is 7.96. The summed E-state index contributed by atoms with van der Waals surface area (Å²) >= 11 is 0. The van der Waals surface area contributed by atoms with E-state index in [0.717, 1.165) is 0 Å². The molecule has 0 saturated heterocycles. The molecule has 0 spiro atoms. The van der Waals surface area contributed by atoms with Crippen LogP contribution in [0.3, 0.4) is 0 Å². The van der Waals surface area contributed by atoms with Crippen molar-refractivity contribution in [3.05, 3.63) is 45.7 Å². The predicted molar refractivity (Wildman–Crippen MR) is 101 cm³/mol. The number of amides is 1. The summed E-state index contributed by atoms with van der Waals surface area (Å²) in [7, 11) is 0. The maximum atomic E-state index is 13.3. The molecule has 1 fully saturated rings. The van der Waals surface area contributed by atoms with Gasteiger partial charge in [-0.2, -0.15) is 0 Å². The molecule has 1 amide bonds. The van der Waals surface area contributed by atoms with Gasteiger partial charge in [0.1, 0.15) is 22.8 Å². The number of aromatic hydroxyl groups is 1. The average molecular weight is 413 g/mol. The molecular formula is C21H19NO8. The van der Waals surface area contributed by atoms with E-state index >= 15 is 0 Å². The van der Waals surface area contributed by atoms with Crippen LogP contribution in [0.2, 0.25) is 0 Å². The smallest absolute Gasteiger partial charge is 0.255 e. The first kappa shape index (κ1) is 19.8. The minimum Gasteiger partial charge on any atom is -0.508 e. The van der Waals surface area contributed by atoms with Crippen LogP contribution in [0.15, 0.2) is 29.0 Å². The Hall–Kier alpha value is -3.46. The fourth-order valence-electron chi connectivity index (χ4n) is 4.88. The molecule has 1 aromatic carbocycles. The number of carbonyl (C=O) groups is 4. The minimum absolute atomic E-state index is 0.0405. The number of aliphatic hydroxyl groups is 3. The van der Waals surface area contributed by atoms with Crippen molar-refractivity contribution >= 4 is 29.0 Å². The molecule has 3 aliphatic rings. The third-order valence-corrected chi connectivity index (χ3v) is 6.32. The first-order valence-electron chi connectivity index (χ1n) is 9.33. The Morgan fingerprint density at radius 2 is 1.80 bits per heavy atom. The predicted octanol–water partition coefficient (Wildman–Crippen LogP) is 0.626. The molecule has 30 heavy (non-hydrogen) atoms. The van der Waals surface area contributed by atoms with Gasteiger partial charge in [-0.05, 0) is 37.3 Å². The van der Waals surface area contributed by atoms with Crippen molar-refractivity contribution in [2.75, 3.05) is 0 Å². The molecule has 0 aliphatic heterocycles. The Morgan fingerprint density at radius 3 is 2.40 bits per heavy atom. The molecule has 1 unspecified atom stereocenters. The van der Waals surface area contributed by atoms with E-state index < -0.39 is 63.5 Å². The van der Waals surface area contributed by atoms with Gasteiger partial charge in [-0.3, -0.25) is 19.2 Å². The van der Waals surface area contributed by atoms with E-state index in [9.17, 15) is 39.6 Å². The number of primary amides is 1. The van der Waals surface area contributed by atoms with E-state index in [0.29, 0.717) is 5.56 Å². The number of phenolic OH excluding ortho intramolecular Hbond substituents is 1. The second kappa shape index (κ2) is 6.27. The summed E-state index contributed by atoms with van der Waals surface area (Å²) in [5.41, 5.74) is 1.85. The highest BCUT2D eigenvalue weighted by Gasteiger charge is 2.60. The number of aliphatic hydroxyl groups excluding tert-OH is 2. The average Bonchev–Trinajstić information content (AvgIpc) is 2.64. The number of fused-ring (bicyclic) bond motifs is 3. The molecule has 0 radical (unpaired) electrons. The molecule has 9 nitrogen and oxygen atoms in total. The Morgan fingerprint density at radius 1 is 1.13 bits per heavy atom. The van der Waals surface area contributed by atoms with Gasteiger partial charge in [-0.1, -0.05) is 6.07 Å². The lowest BCUT2D eigenvalue weighted by Gasteiger charge is -2.46. The SMILES string of the molecule is CC(=O)c1ccc2c(c1O)C(O)=C1C(=O)[C@]3(O)C(O)=C(C(N)=O)C(=O)CC3C[C@@H]1C2. The Balaban J connectivity index is 1.94. The second-order valence-corrected chi connectivity index (χ2v) is 7.96. The molecule has 156 valence electrons. The number of Topliss-reactive ketones (excluding diaryl/α,β-unsaturated/α-hetero) is 3. The molecule has 6 N–H and O–H groups in total. The third-order valence-electron chi connectivity index (χ3n) is 6.32. The molecule has 0 heterocycles. The van der Waals surface area contributed by atoms with Crippen LogP contribution in [0.1, 0.15) is 41.3 Å². The summed E-state index contributed by atoms with van der Waals surface area (Å²) in [5, 5.41) is 42.9. The molecule has 4 rings (SSSR count). The standard InChI is InChI=1S/C21H19NO8/c1-7(23)11-3-2-8-4-9-5-10-6-12(24)15(20(22)29)19(28)21(10,30)18(27)14(9)17(26)13(8)16(11)25/h2-3,9-10,25-26,28,30H,4-6H2,1H3,(H2,22,29)/t9-,10?,21-/m0/s1. The van der Waals surface area contributed by atoms with Gasteiger partial charge in [-0.25, -0.2) is 0 Å². The fourth-order valence-corrected chi connectivity index (χ4v) is 4.88. The molecular weight excluding hydrogens is 394 g/mol. The lowest BCUT2D eigenvalue weighted by atomic mass is 9.59. The molecule has 3 aliphatic carbocycles. The normalized spacial score (nSPS) is 28.1. The van der Waals surface area contributed by atoms with E-state index in [1.165, 1.54) is 13.0 Å². The zero-order valence-electron chi connectivity index (χ0n) is 15.9. The van der Waals surface area contributed by atoms with Gasteiger partial charge in [0.15, 0.2) is 17.2 Å². The summed E-state index contributed by atoms with van der Waals surface area (Å²) in [6, 6.07) is 2.99. The van der Waals surface area contributed by atoms with Crippen molar-refractivity contribution in [3.8, 4) is 5.75 Å². The lowest BCUT2D eigenvalue weighted by Crippen LogP contribution is -2.58. The summed E-state index contributed by atoms with van der Waals surface area (Å²) in [6.07, 6.45) is -0.0885. The van der Waals surface area contributed by atoms with E-state index in [1.54, 1.807) is 6.07 Å². The number of ketones is 3. The van der Waals surface area contributed by atoms with Crippen LogP contribution < -0.4 is 5.73 Å². The summed E-state index contributed by atoms with van der Waals surface area (Å²) in [5.74, 6) is -7.35. The third kappa shape index (κ3) is 2.38. The van der Waals surface area contributed by atoms with Crippen molar-refractivity contribution < 1.29 is 39.6 Å². The van der Waals surface area contributed by atoms with Crippen molar-refractivity contribution in [1.29, 1.82) is 0 Å². The molecule has 0 bridgehead atoms. The Kier molecular flexibility index (Phi) is 4.14. The van der Waals surface area contributed by atoms with Gasteiger partial charge >= 0.3 is 0 Å². The van der Waals surface area contributed by atoms with Crippen molar-refractivity contribution in [3.63, 3.8) is 0 Å². The summed E-state index contributed by atoms with van der Waals surface area (Å²) in [4.78, 5) is 48.9. The molecule has 0 aromatic heterocycles. The number of nitrogens with two attached hydrogens (primary N) is 1. The van der Waals surface area contributed by atoms with Crippen LogP contribution >= 0.6 is 0 Å². The van der Waals surface area contributed by atoms with Crippen LogP contribution in [0.4, 0.5) is 0 Å². The Labute approximate surface area is 170 Å². The first-order valence-corrected chi connectivity index (χ1v) is 9.33. The van der Waals surface area contributed by atoms with Gasteiger partial charge in [0, 0.05) is 17.9 Å². The summed E-state index contributed by atoms with van der Waals surface area (Å²) < 4.78 is 0. The number of rotatable bonds is 2. The molecule has 3 atom stereocenters. The van der Waals surface area contributed by atoms with Crippen LogP contribution in [0.25, 0.3) is 5.76 Å². The number of benzene rings is 1. The van der Waals surface area contributed by atoms with Gasteiger partial charge in [0.05, 0.1) is 11.1 Å². The quantitative estimate of drug-likeness (QED) is 0.346. The highest BCUT2D eigenvalue weighted by molar-refractivity contribution is 6.22. The van der Waals surface area contributed by atoms with Gasteiger partial charge in [0.2, 0.25) is 5.78 Å². The van der Waals surface area contributed by atoms with Crippen molar-refractivity contribution in [1.82, 2.24) is 0 Å². The number of hydrogen-bond donors (Lipinski definition) is 5. The topological polar surface area (TPSA) is 175 Å². The van der Waals surface area contributed by atoms with Crippen LogP contribution in [0, 0.1) is 11.8 Å². The van der Waals surface area contributed by atoms with Crippen molar-refractivity contribution in [2.45, 2.75) is 31.8 Å². The number of carbonyl (C=O) groups excluding carboxylic acids is 4. The van der Waals surface area contributed by atoms with Gasteiger partial charge in [-0.15, -0.1) is 0 Å². The molecule has 1 saturated carbocycles. The molecule has 1 aromatic rings. The van der Waals surface area contributed by atoms with E-state index in [1.807, 2.05) is 0 Å².